The molecule has 0 saturated carbocycles. The highest BCUT2D eigenvalue weighted by atomic mass is 16.6. The van der Waals surface area contributed by atoms with Gasteiger partial charge in [0.25, 0.3) is 0 Å². The Bertz CT molecular complexity index is 590. The molecule has 1 amide bonds. The predicted octanol–water partition coefficient (Wildman–Crippen LogP) is 2.38. The van der Waals surface area contributed by atoms with Crippen LogP contribution in [0.1, 0.15) is 20.8 Å². The van der Waals surface area contributed by atoms with Crippen LogP contribution in [0.4, 0.5) is 21.9 Å². The van der Waals surface area contributed by atoms with E-state index in [1.165, 1.54) is 0 Å². The topological polar surface area (TPSA) is 80.1 Å². The minimum absolute atomic E-state index is 0.502. The second-order valence-corrected chi connectivity index (χ2v) is 7.03. The van der Waals surface area contributed by atoms with Crippen molar-refractivity contribution in [2.45, 2.75) is 26.4 Å². The lowest BCUT2D eigenvalue weighted by atomic mass is 10.2. The molecule has 0 atom stereocenters. The highest BCUT2D eigenvalue weighted by Crippen LogP contribution is 2.36. The first-order valence-corrected chi connectivity index (χ1v) is 8.10. The summed E-state index contributed by atoms with van der Waals surface area (Å²) in [4.78, 5) is 16.5. The van der Waals surface area contributed by atoms with E-state index in [9.17, 15) is 4.79 Å². The molecule has 0 spiro atoms. The van der Waals surface area contributed by atoms with Gasteiger partial charge in [-0.05, 0) is 33.9 Å². The van der Waals surface area contributed by atoms with Gasteiger partial charge in [-0.25, -0.2) is 4.79 Å². The third-order valence-electron chi connectivity index (χ3n) is 3.83. The molecule has 2 rings (SSSR count). The van der Waals surface area contributed by atoms with Gasteiger partial charge in [-0.2, -0.15) is 0 Å². The number of nitrogens with two attached hydrogens (primary N) is 1. The fourth-order valence-electron chi connectivity index (χ4n) is 2.59. The van der Waals surface area contributed by atoms with Crippen molar-refractivity contribution in [3.05, 3.63) is 12.1 Å². The summed E-state index contributed by atoms with van der Waals surface area (Å²) < 4.78 is 10.7. The van der Waals surface area contributed by atoms with E-state index >= 15 is 0 Å². The monoisotopic (exact) mass is 336 g/mol. The Balaban J connectivity index is 2.19. The van der Waals surface area contributed by atoms with E-state index < -0.39 is 11.7 Å². The van der Waals surface area contributed by atoms with E-state index in [0.717, 1.165) is 31.9 Å². The number of piperazine rings is 1. The summed E-state index contributed by atoms with van der Waals surface area (Å²) in [5.74, 6) is 0.559. The number of carbonyl (C=O) groups excluding carboxylic acids is 1. The van der Waals surface area contributed by atoms with Gasteiger partial charge in [0.05, 0.1) is 24.2 Å². The highest BCUT2D eigenvalue weighted by Gasteiger charge is 2.21. The summed E-state index contributed by atoms with van der Waals surface area (Å²) in [7, 11) is 3.68. The molecule has 7 nitrogen and oxygen atoms in total. The van der Waals surface area contributed by atoms with Crippen molar-refractivity contribution in [1.82, 2.24) is 4.90 Å². The Morgan fingerprint density at radius 3 is 2.38 bits per heavy atom. The molecule has 3 N–H and O–H groups in total. The molecule has 0 radical (unpaired) electrons. The average Bonchev–Trinajstić information content (AvgIpc) is 2.46. The number of likely N-dealkylation sites (N-methyl/N-ethyl adjacent to an activating group) is 1. The fourth-order valence-corrected chi connectivity index (χ4v) is 2.59. The first-order valence-electron chi connectivity index (χ1n) is 8.10. The number of carbonyl (C=O) groups is 1. The molecule has 1 aromatic carbocycles. The standard InChI is InChI=1S/C17H28N4O3/c1-17(2,3)24-16(22)19-13-10-12(18)14(11-15(13)23-5)21-8-6-20(4)7-9-21/h10-11H,6-9,18H2,1-5H3,(H,19,22). The summed E-state index contributed by atoms with van der Waals surface area (Å²) in [6, 6.07) is 3.59. The molecule has 7 heteroatoms. The summed E-state index contributed by atoms with van der Waals surface area (Å²) >= 11 is 0. The SMILES string of the molecule is COc1cc(N2CCN(C)CC2)c(N)cc1NC(=O)OC(C)(C)C. The lowest BCUT2D eigenvalue weighted by molar-refractivity contribution is 0.0635. The zero-order valence-electron chi connectivity index (χ0n) is 15.2. The molecule has 134 valence electrons. The Hall–Kier alpha value is -2.15. The van der Waals surface area contributed by atoms with Crippen molar-refractivity contribution in [2.24, 2.45) is 0 Å². The van der Waals surface area contributed by atoms with Crippen LogP contribution in [-0.2, 0) is 4.74 Å². The molecule has 1 aliphatic rings. The first kappa shape index (κ1) is 18.2. The normalized spacial score (nSPS) is 16.0. The van der Waals surface area contributed by atoms with E-state index in [-0.39, 0.29) is 0 Å². The number of rotatable bonds is 3. The Kier molecular flexibility index (Phi) is 5.43. The van der Waals surface area contributed by atoms with Crippen LogP contribution < -0.4 is 20.7 Å². The summed E-state index contributed by atoms with van der Waals surface area (Å²) in [6.07, 6.45) is -0.535. The lowest BCUT2D eigenvalue weighted by Crippen LogP contribution is -2.44. The number of anilines is 3. The predicted molar refractivity (Wildman–Crippen MR) is 97.0 cm³/mol. The van der Waals surface area contributed by atoms with Gasteiger partial charge in [-0.3, -0.25) is 5.32 Å². The lowest BCUT2D eigenvalue weighted by Gasteiger charge is -2.35. The number of hydrogen-bond acceptors (Lipinski definition) is 6. The van der Waals surface area contributed by atoms with Gasteiger partial charge in [0.1, 0.15) is 11.4 Å². The third kappa shape index (κ3) is 4.67. The van der Waals surface area contributed by atoms with E-state index in [0.29, 0.717) is 17.1 Å². The van der Waals surface area contributed by atoms with Gasteiger partial charge in [0.2, 0.25) is 0 Å². The molecule has 1 aromatic rings. The van der Waals surface area contributed by atoms with Crippen molar-refractivity contribution < 1.29 is 14.3 Å². The number of ether oxygens (including phenoxy) is 2. The van der Waals surface area contributed by atoms with Gasteiger partial charge in [-0.15, -0.1) is 0 Å². The van der Waals surface area contributed by atoms with Gasteiger partial charge in [0.15, 0.2) is 0 Å². The second kappa shape index (κ2) is 7.17. The fraction of sp³-hybridized carbons (Fsp3) is 0.588. The molecule has 0 aromatic heterocycles. The zero-order valence-corrected chi connectivity index (χ0v) is 15.2. The molecular weight excluding hydrogens is 308 g/mol. The Morgan fingerprint density at radius 1 is 1.21 bits per heavy atom. The number of nitrogens with one attached hydrogen (secondary N) is 1. The zero-order chi connectivity index (χ0) is 17.9. The van der Waals surface area contributed by atoms with Gasteiger partial charge < -0.3 is 25.0 Å². The number of benzene rings is 1. The van der Waals surface area contributed by atoms with Crippen molar-refractivity contribution in [1.29, 1.82) is 0 Å². The molecule has 1 aliphatic heterocycles. The number of nitrogen functional groups attached to an aromatic ring is 1. The average molecular weight is 336 g/mol. The van der Waals surface area contributed by atoms with Crippen molar-refractivity contribution in [2.75, 3.05) is 56.3 Å². The molecule has 24 heavy (non-hydrogen) atoms. The van der Waals surface area contributed by atoms with Crippen LogP contribution >= 0.6 is 0 Å². The summed E-state index contributed by atoms with van der Waals surface area (Å²) in [6.45, 7) is 9.22. The number of nitrogens with zero attached hydrogens (tertiary/aromatic N) is 2. The maximum Gasteiger partial charge on any atom is 0.412 e. The van der Waals surface area contributed by atoms with E-state index in [1.54, 1.807) is 13.2 Å². The van der Waals surface area contributed by atoms with E-state index in [2.05, 4.69) is 22.2 Å². The third-order valence-corrected chi connectivity index (χ3v) is 3.83. The molecule has 0 bridgehead atoms. The van der Waals surface area contributed by atoms with Gasteiger partial charge in [0, 0.05) is 32.2 Å². The minimum atomic E-state index is -0.567. The van der Waals surface area contributed by atoms with Crippen LogP contribution in [0.3, 0.4) is 0 Å². The largest absolute Gasteiger partial charge is 0.494 e. The van der Waals surface area contributed by atoms with E-state index in [1.807, 2.05) is 26.8 Å². The molecule has 1 fully saturated rings. The Labute approximate surface area is 143 Å². The molecule has 0 aliphatic carbocycles. The highest BCUT2D eigenvalue weighted by molar-refractivity contribution is 5.90. The molecule has 1 saturated heterocycles. The number of amides is 1. The van der Waals surface area contributed by atoms with Crippen LogP contribution in [0.2, 0.25) is 0 Å². The van der Waals surface area contributed by atoms with Crippen LogP contribution in [0, 0.1) is 0 Å². The van der Waals surface area contributed by atoms with Gasteiger partial charge >= 0.3 is 6.09 Å². The quantitative estimate of drug-likeness (QED) is 0.825. The van der Waals surface area contributed by atoms with Crippen LogP contribution in [-0.4, -0.2) is 56.9 Å². The maximum atomic E-state index is 12.0. The second-order valence-electron chi connectivity index (χ2n) is 7.03. The summed E-state index contributed by atoms with van der Waals surface area (Å²) in [5, 5.41) is 2.70. The Morgan fingerprint density at radius 2 is 1.83 bits per heavy atom. The van der Waals surface area contributed by atoms with Crippen molar-refractivity contribution >= 4 is 23.2 Å². The molecular formula is C17H28N4O3. The van der Waals surface area contributed by atoms with Crippen molar-refractivity contribution in [3.8, 4) is 5.75 Å². The molecule has 1 heterocycles. The molecule has 0 unspecified atom stereocenters. The minimum Gasteiger partial charge on any atom is -0.494 e. The van der Waals surface area contributed by atoms with Crippen LogP contribution in [0.15, 0.2) is 12.1 Å². The maximum absolute atomic E-state index is 12.0. The number of methoxy groups -OCH3 is 1. The summed E-state index contributed by atoms with van der Waals surface area (Å²) in [5.41, 5.74) is 7.67. The number of hydrogen-bond donors (Lipinski definition) is 2. The van der Waals surface area contributed by atoms with Crippen molar-refractivity contribution in [3.63, 3.8) is 0 Å². The van der Waals surface area contributed by atoms with Crippen LogP contribution in [0.25, 0.3) is 0 Å². The smallest absolute Gasteiger partial charge is 0.412 e. The first-order chi connectivity index (χ1) is 11.2. The van der Waals surface area contributed by atoms with Gasteiger partial charge in [-0.1, -0.05) is 0 Å². The van der Waals surface area contributed by atoms with E-state index in [4.69, 9.17) is 15.2 Å². The van der Waals surface area contributed by atoms with Crippen LogP contribution in [0.5, 0.6) is 5.75 Å².